The second-order valence-corrected chi connectivity index (χ2v) is 6.27. The lowest BCUT2D eigenvalue weighted by Crippen LogP contribution is -2.23. The van der Waals surface area contributed by atoms with Gasteiger partial charge in [0.05, 0.1) is 6.54 Å². The van der Waals surface area contributed by atoms with Crippen LogP contribution >= 0.6 is 11.3 Å². The Labute approximate surface area is 129 Å². The second kappa shape index (κ2) is 6.72. The summed E-state index contributed by atoms with van der Waals surface area (Å²) in [6, 6.07) is 5.54. The monoisotopic (exact) mass is 303 g/mol. The van der Waals surface area contributed by atoms with Crippen molar-refractivity contribution in [1.82, 2.24) is 10.3 Å². The van der Waals surface area contributed by atoms with Crippen LogP contribution in [0.1, 0.15) is 53.2 Å². The maximum Gasteiger partial charge on any atom is 0.251 e. The first-order valence-corrected chi connectivity index (χ1v) is 8.00. The third-order valence-electron chi connectivity index (χ3n) is 3.35. The molecular weight excluding hydrogens is 282 g/mol. The first-order chi connectivity index (χ1) is 10.0. The van der Waals surface area contributed by atoms with Crippen LogP contribution in [0, 0.1) is 0 Å². The van der Waals surface area contributed by atoms with E-state index >= 15 is 0 Å². The number of carbonyl (C=O) groups excluding carboxylic acids is 1. The number of aryl methyl sites for hydroxylation is 1. The molecule has 5 heteroatoms. The van der Waals surface area contributed by atoms with Crippen LogP contribution in [0.5, 0.6) is 0 Å². The van der Waals surface area contributed by atoms with Crippen LogP contribution in [0.15, 0.2) is 23.6 Å². The van der Waals surface area contributed by atoms with E-state index in [0.29, 0.717) is 17.9 Å². The Morgan fingerprint density at radius 1 is 1.43 bits per heavy atom. The summed E-state index contributed by atoms with van der Waals surface area (Å²) in [5.41, 5.74) is 8.48. The van der Waals surface area contributed by atoms with Crippen LogP contribution in [-0.2, 0) is 13.0 Å². The Bertz CT molecular complexity index is 634. The van der Waals surface area contributed by atoms with Gasteiger partial charge in [0.15, 0.2) is 0 Å². The number of amides is 1. The highest BCUT2D eigenvalue weighted by molar-refractivity contribution is 7.10. The van der Waals surface area contributed by atoms with Crippen LogP contribution < -0.4 is 11.1 Å². The Kier molecular flexibility index (Phi) is 4.96. The van der Waals surface area contributed by atoms with Gasteiger partial charge in [-0.1, -0.05) is 20.8 Å². The van der Waals surface area contributed by atoms with E-state index in [2.05, 4.69) is 28.7 Å². The van der Waals surface area contributed by atoms with Crippen LogP contribution in [0.25, 0.3) is 0 Å². The van der Waals surface area contributed by atoms with E-state index < -0.39 is 0 Å². The van der Waals surface area contributed by atoms with Crippen LogP contribution in [0.3, 0.4) is 0 Å². The van der Waals surface area contributed by atoms with E-state index in [1.807, 2.05) is 19.9 Å². The zero-order chi connectivity index (χ0) is 15.4. The molecule has 0 aliphatic rings. The third kappa shape index (κ3) is 3.82. The molecule has 3 N–H and O–H groups in total. The third-order valence-corrected chi connectivity index (χ3v) is 4.31. The molecule has 4 nitrogen and oxygen atoms in total. The van der Waals surface area contributed by atoms with Crippen LogP contribution in [0.4, 0.5) is 5.82 Å². The summed E-state index contributed by atoms with van der Waals surface area (Å²) in [4.78, 5) is 17.7. The van der Waals surface area contributed by atoms with Crippen molar-refractivity contribution >= 4 is 23.1 Å². The normalized spacial score (nSPS) is 10.9. The predicted octanol–water partition coefficient (Wildman–Crippen LogP) is 3.34. The number of hydrogen-bond acceptors (Lipinski definition) is 4. The molecule has 1 amide bonds. The molecule has 0 atom stereocenters. The highest BCUT2D eigenvalue weighted by Crippen LogP contribution is 2.18. The number of hydrogen-bond donors (Lipinski definition) is 2. The molecule has 0 saturated heterocycles. The first kappa shape index (κ1) is 15.5. The largest absolute Gasteiger partial charge is 0.384 e. The molecule has 112 valence electrons. The fraction of sp³-hybridized carbons (Fsp3) is 0.375. The van der Waals surface area contributed by atoms with Crippen molar-refractivity contribution in [2.45, 2.75) is 39.7 Å². The molecule has 21 heavy (non-hydrogen) atoms. The van der Waals surface area contributed by atoms with E-state index in [-0.39, 0.29) is 11.8 Å². The summed E-state index contributed by atoms with van der Waals surface area (Å²) in [6.07, 6.45) is 0.981. The van der Waals surface area contributed by atoms with Gasteiger partial charge in [0, 0.05) is 16.1 Å². The average molecular weight is 303 g/mol. The quantitative estimate of drug-likeness (QED) is 0.890. The smallest absolute Gasteiger partial charge is 0.251 e. The minimum absolute atomic E-state index is 0.110. The zero-order valence-corrected chi connectivity index (χ0v) is 13.5. The number of carbonyl (C=O) groups is 1. The fourth-order valence-corrected chi connectivity index (χ4v) is 3.02. The lowest BCUT2D eigenvalue weighted by Gasteiger charge is -2.10. The number of aromatic nitrogens is 1. The molecule has 2 aromatic rings. The first-order valence-electron chi connectivity index (χ1n) is 7.12. The van der Waals surface area contributed by atoms with Gasteiger partial charge in [-0.15, -0.1) is 11.3 Å². The Hall–Kier alpha value is -1.88. The maximum atomic E-state index is 12.3. The van der Waals surface area contributed by atoms with Crippen molar-refractivity contribution < 1.29 is 4.79 Å². The van der Waals surface area contributed by atoms with Crippen LogP contribution in [-0.4, -0.2) is 10.9 Å². The lowest BCUT2D eigenvalue weighted by atomic mass is 10.1. The van der Waals surface area contributed by atoms with Crippen molar-refractivity contribution in [2.24, 2.45) is 0 Å². The highest BCUT2D eigenvalue weighted by atomic mass is 32.1. The van der Waals surface area contributed by atoms with Crippen LogP contribution in [0.2, 0.25) is 0 Å². The van der Waals surface area contributed by atoms with Crippen molar-refractivity contribution in [3.05, 3.63) is 45.3 Å². The highest BCUT2D eigenvalue weighted by Gasteiger charge is 2.11. The SMILES string of the molecule is CCc1ccsc1CNC(=O)c1cc(N)nc(C(C)C)c1. The van der Waals surface area contributed by atoms with E-state index in [9.17, 15) is 4.79 Å². The Balaban J connectivity index is 2.10. The zero-order valence-electron chi connectivity index (χ0n) is 12.6. The molecule has 0 aliphatic heterocycles. The summed E-state index contributed by atoms with van der Waals surface area (Å²) in [7, 11) is 0. The molecule has 0 aliphatic carbocycles. The Morgan fingerprint density at radius 3 is 2.86 bits per heavy atom. The summed E-state index contributed by atoms with van der Waals surface area (Å²) in [5.74, 6) is 0.516. The minimum Gasteiger partial charge on any atom is -0.384 e. The minimum atomic E-state index is -0.110. The predicted molar refractivity (Wildman–Crippen MR) is 87.6 cm³/mol. The molecule has 0 aromatic carbocycles. The molecule has 2 rings (SSSR count). The number of nitrogen functional groups attached to an aromatic ring is 1. The van der Waals surface area contributed by atoms with Crippen molar-refractivity contribution in [2.75, 3.05) is 5.73 Å². The van der Waals surface area contributed by atoms with E-state index in [1.165, 1.54) is 10.4 Å². The molecular formula is C16H21N3OS. The summed E-state index contributed by atoms with van der Waals surface area (Å²) in [5, 5.41) is 5.01. The molecule has 0 unspecified atom stereocenters. The number of nitrogens with zero attached hydrogens (tertiary/aromatic N) is 1. The van der Waals surface area contributed by atoms with E-state index in [1.54, 1.807) is 17.4 Å². The van der Waals surface area contributed by atoms with Crippen molar-refractivity contribution in [1.29, 1.82) is 0 Å². The van der Waals surface area contributed by atoms with Gasteiger partial charge >= 0.3 is 0 Å². The van der Waals surface area contributed by atoms with E-state index in [0.717, 1.165) is 12.1 Å². The molecule has 0 bridgehead atoms. The second-order valence-electron chi connectivity index (χ2n) is 5.27. The number of pyridine rings is 1. The van der Waals surface area contributed by atoms with Gasteiger partial charge in [-0.3, -0.25) is 4.79 Å². The average Bonchev–Trinajstić information content (AvgIpc) is 2.91. The van der Waals surface area contributed by atoms with Gasteiger partial charge < -0.3 is 11.1 Å². The topological polar surface area (TPSA) is 68.0 Å². The summed E-state index contributed by atoms with van der Waals surface area (Å²) >= 11 is 1.67. The number of nitrogens with one attached hydrogen (secondary N) is 1. The molecule has 2 aromatic heterocycles. The molecule has 0 radical (unpaired) electrons. The number of anilines is 1. The van der Waals surface area contributed by atoms with Gasteiger partial charge in [0.25, 0.3) is 5.91 Å². The number of rotatable bonds is 5. The maximum absolute atomic E-state index is 12.3. The number of thiophene rings is 1. The standard InChI is InChI=1S/C16H21N3OS/c1-4-11-5-6-21-14(11)9-18-16(20)12-7-13(10(2)3)19-15(17)8-12/h5-8,10H,4,9H2,1-3H3,(H2,17,19)(H,18,20). The Morgan fingerprint density at radius 2 is 2.19 bits per heavy atom. The van der Waals surface area contributed by atoms with Crippen molar-refractivity contribution in [3.63, 3.8) is 0 Å². The number of nitrogens with two attached hydrogens (primary N) is 1. The van der Waals surface area contributed by atoms with Gasteiger partial charge in [-0.05, 0) is 41.5 Å². The summed E-state index contributed by atoms with van der Waals surface area (Å²) in [6.45, 7) is 6.73. The lowest BCUT2D eigenvalue weighted by molar-refractivity contribution is 0.0951. The molecule has 2 heterocycles. The fourth-order valence-electron chi connectivity index (χ4n) is 2.10. The van der Waals surface area contributed by atoms with Crippen molar-refractivity contribution in [3.8, 4) is 0 Å². The van der Waals surface area contributed by atoms with Gasteiger partial charge in [0.1, 0.15) is 5.82 Å². The van der Waals surface area contributed by atoms with E-state index in [4.69, 9.17) is 5.73 Å². The van der Waals surface area contributed by atoms with Gasteiger partial charge in [-0.2, -0.15) is 0 Å². The molecule has 0 fully saturated rings. The van der Waals surface area contributed by atoms with Gasteiger partial charge in [-0.25, -0.2) is 4.98 Å². The molecule has 0 saturated carbocycles. The molecule has 0 spiro atoms. The summed E-state index contributed by atoms with van der Waals surface area (Å²) < 4.78 is 0. The van der Waals surface area contributed by atoms with Gasteiger partial charge in [0.2, 0.25) is 0 Å².